The Morgan fingerprint density at radius 1 is 0.971 bits per heavy atom. The van der Waals surface area contributed by atoms with E-state index < -0.39 is 11.8 Å². The van der Waals surface area contributed by atoms with Gasteiger partial charge in [-0.3, -0.25) is 14.5 Å². The Labute approximate surface area is 208 Å². The molecule has 2 aromatic carbocycles. The summed E-state index contributed by atoms with van der Waals surface area (Å²) in [5, 5.41) is 5.56. The molecule has 1 atom stereocenters. The van der Waals surface area contributed by atoms with E-state index in [0.29, 0.717) is 18.8 Å². The van der Waals surface area contributed by atoms with E-state index in [1.165, 1.54) is 16.8 Å². The molecule has 2 amide bonds. The summed E-state index contributed by atoms with van der Waals surface area (Å²) in [7, 11) is 4.27. The number of rotatable bonds is 7. The SMILES string of the molecule is CCOc1ccc(NC(=O)C(=O)NCC(c2ccc3c(c2)CCCN3C)N2CCN(C)CC2)cc1. The number of hydrogen-bond donors (Lipinski definition) is 2. The Hall–Kier alpha value is -3.10. The monoisotopic (exact) mass is 479 g/mol. The Balaban J connectivity index is 1.43. The van der Waals surface area contributed by atoms with Gasteiger partial charge in [-0.25, -0.2) is 0 Å². The summed E-state index contributed by atoms with van der Waals surface area (Å²) in [6.07, 6.45) is 2.22. The molecule has 1 fully saturated rings. The average Bonchev–Trinajstić information content (AvgIpc) is 2.86. The van der Waals surface area contributed by atoms with Crippen LogP contribution < -0.4 is 20.3 Å². The van der Waals surface area contributed by atoms with Crippen LogP contribution in [0.25, 0.3) is 0 Å². The zero-order valence-corrected chi connectivity index (χ0v) is 21.0. The first-order valence-corrected chi connectivity index (χ1v) is 12.5. The summed E-state index contributed by atoms with van der Waals surface area (Å²) in [5.74, 6) is -0.574. The molecule has 0 aliphatic carbocycles. The van der Waals surface area contributed by atoms with Crippen LogP contribution in [0.1, 0.15) is 30.5 Å². The molecule has 8 nitrogen and oxygen atoms in total. The van der Waals surface area contributed by atoms with Crippen molar-refractivity contribution < 1.29 is 14.3 Å². The van der Waals surface area contributed by atoms with E-state index >= 15 is 0 Å². The summed E-state index contributed by atoms with van der Waals surface area (Å²) in [6, 6.07) is 13.7. The van der Waals surface area contributed by atoms with Crippen molar-refractivity contribution in [2.24, 2.45) is 0 Å². The predicted octanol–water partition coefficient (Wildman–Crippen LogP) is 2.51. The molecular formula is C27H37N5O3. The lowest BCUT2D eigenvalue weighted by molar-refractivity contribution is -0.136. The van der Waals surface area contributed by atoms with E-state index in [1.54, 1.807) is 24.3 Å². The molecule has 2 aliphatic rings. The van der Waals surface area contributed by atoms with Crippen LogP contribution in [0.5, 0.6) is 5.75 Å². The second-order valence-electron chi connectivity index (χ2n) is 9.39. The van der Waals surface area contributed by atoms with Gasteiger partial charge in [0.1, 0.15) is 5.75 Å². The number of piperazine rings is 1. The van der Waals surface area contributed by atoms with Gasteiger partial charge >= 0.3 is 11.8 Å². The molecule has 188 valence electrons. The summed E-state index contributed by atoms with van der Waals surface area (Å²) >= 11 is 0. The molecule has 35 heavy (non-hydrogen) atoms. The van der Waals surface area contributed by atoms with E-state index in [0.717, 1.165) is 51.3 Å². The fraction of sp³-hybridized carbons (Fsp3) is 0.481. The number of amides is 2. The number of benzene rings is 2. The van der Waals surface area contributed by atoms with Gasteiger partial charge in [0.15, 0.2) is 0 Å². The molecule has 2 aromatic rings. The van der Waals surface area contributed by atoms with E-state index in [9.17, 15) is 9.59 Å². The van der Waals surface area contributed by atoms with Crippen LogP contribution in [0.3, 0.4) is 0 Å². The van der Waals surface area contributed by atoms with Gasteiger partial charge in [0.2, 0.25) is 0 Å². The van der Waals surface area contributed by atoms with Crippen molar-refractivity contribution in [2.75, 3.05) is 70.2 Å². The molecule has 4 rings (SSSR count). The van der Waals surface area contributed by atoms with Crippen molar-refractivity contribution in [3.8, 4) is 5.75 Å². The number of carbonyl (C=O) groups is 2. The standard InChI is InChI=1S/C27H37N5O3/c1-4-35-23-10-8-22(9-11-23)29-27(34)26(33)28-19-25(32-16-14-30(2)15-17-32)21-7-12-24-20(18-21)6-5-13-31(24)3/h7-12,18,25H,4-6,13-17,19H2,1-3H3,(H,28,33)(H,29,34). The molecule has 0 spiro atoms. The van der Waals surface area contributed by atoms with E-state index in [1.807, 2.05) is 6.92 Å². The highest BCUT2D eigenvalue weighted by atomic mass is 16.5. The van der Waals surface area contributed by atoms with Crippen LogP contribution in [-0.4, -0.2) is 81.6 Å². The van der Waals surface area contributed by atoms with E-state index in [4.69, 9.17) is 4.74 Å². The molecule has 2 aliphatic heterocycles. The van der Waals surface area contributed by atoms with Crippen LogP contribution in [0.2, 0.25) is 0 Å². The lowest BCUT2D eigenvalue weighted by Gasteiger charge is -2.39. The molecule has 1 saturated heterocycles. The van der Waals surface area contributed by atoms with Gasteiger partial charge in [0, 0.05) is 57.7 Å². The van der Waals surface area contributed by atoms with Crippen LogP contribution in [0, 0.1) is 0 Å². The van der Waals surface area contributed by atoms with Crippen molar-refractivity contribution in [2.45, 2.75) is 25.8 Å². The predicted molar refractivity (Wildman–Crippen MR) is 139 cm³/mol. The Morgan fingerprint density at radius 3 is 2.43 bits per heavy atom. The van der Waals surface area contributed by atoms with Crippen LogP contribution in [-0.2, 0) is 16.0 Å². The maximum absolute atomic E-state index is 12.7. The number of aryl methyl sites for hydroxylation is 1. The largest absolute Gasteiger partial charge is 0.494 e. The van der Waals surface area contributed by atoms with Crippen LogP contribution >= 0.6 is 0 Å². The summed E-state index contributed by atoms with van der Waals surface area (Å²) in [5.41, 5.74) is 4.39. The minimum Gasteiger partial charge on any atom is -0.494 e. The van der Waals surface area contributed by atoms with Crippen molar-refractivity contribution in [1.29, 1.82) is 0 Å². The molecule has 0 aromatic heterocycles. The van der Waals surface area contributed by atoms with Gasteiger partial charge < -0.3 is 25.2 Å². The molecule has 0 saturated carbocycles. The second-order valence-corrected chi connectivity index (χ2v) is 9.39. The van der Waals surface area contributed by atoms with Gasteiger partial charge in [0.25, 0.3) is 0 Å². The maximum Gasteiger partial charge on any atom is 0.313 e. The van der Waals surface area contributed by atoms with Crippen molar-refractivity contribution in [3.05, 3.63) is 53.6 Å². The number of carbonyl (C=O) groups excluding carboxylic acids is 2. The number of nitrogens with zero attached hydrogens (tertiary/aromatic N) is 3. The van der Waals surface area contributed by atoms with Crippen LogP contribution in [0.15, 0.2) is 42.5 Å². The molecule has 8 heteroatoms. The highest BCUT2D eigenvalue weighted by Gasteiger charge is 2.27. The lowest BCUT2D eigenvalue weighted by atomic mass is 9.95. The summed E-state index contributed by atoms with van der Waals surface area (Å²) < 4.78 is 5.42. The maximum atomic E-state index is 12.7. The molecule has 0 bridgehead atoms. The smallest absolute Gasteiger partial charge is 0.313 e. The number of anilines is 2. The molecular weight excluding hydrogens is 442 g/mol. The fourth-order valence-electron chi connectivity index (χ4n) is 4.86. The van der Waals surface area contributed by atoms with Gasteiger partial charge in [-0.15, -0.1) is 0 Å². The zero-order valence-electron chi connectivity index (χ0n) is 21.0. The normalized spacial score (nSPS) is 17.4. The highest BCUT2D eigenvalue weighted by Crippen LogP contribution is 2.31. The first-order valence-electron chi connectivity index (χ1n) is 12.5. The topological polar surface area (TPSA) is 77.1 Å². The van der Waals surface area contributed by atoms with E-state index in [-0.39, 0.29) is 6.04 Å². The lowest BCUT2D eigenvalue weighted by Crippen LogP contribution is -2.49. The molecule has 1 unspecified atom stereocenters. The van der Waals surface area contributed by atoms with Crippen molar-refractivity contribution in [3.63, 3.8) is 0 Å². The number of hydrogen-bond acceptors (Lipinski definition) is 6. The van der Waals surface area contributed by atoms with Gasteiger partial charge in [-0.2, -0.15) is 0 Å². The summed E-state index contributed by atoms with van der Waals surface area (Å²) in [4.78, 5) is 32.3. The van der Waals surface area contributed by atoms with E-state index in [2.05, 4.69) is 57.6 Å². The van der Waals surface area contributed by atoms with Crippen molar-refractivity contribution in [1.82, 2.24) is 15.1 Å². The summed E-state index contributed by atoms with van der Waals surface area (Å²) in [6.45, 7) is 7.76. The number of ether oxygens (including phenoxy) is 1. The third-order valence-corrected chi connectivity index (χ3v) is 6.90. The fourth-order valence-corrected chi connectivity index (χ4v) is 4.86. The highest BCUT2D eigenvalue weighted by molar-refractivity contribution is 6.39. The van der Waals surface area contributed by atoms with Gasteiger partial charge in [-0.05, 0) is 68.3 Å². The third kappa shape index (κ3) is 6.32. The number of nitrogens with one attached hydrogen (secondary N) is 2. The quantitative estimate of drug-likeness (QED) is 0.595. The third-order valence-electron chi connectivity index (χ3n) is 6.90. The minimum atomic E-state index is -0.668. The van der Waals surface area contributed by atoms with Gasteiger partial charge in [0.05, 0.1) is 12.6 Å². The Kier molecular flexibility index (Phi) is 8.25. The van der Waals surface area contributed by atoms with Crippen LogP contribution in [0.4, 0.5) is 11.4 Å². The molecule has 2 heterocycles. The zero-order chi connectivity index (χ0) is 24.8. The molecule has 0 radical (unpaired) electrons. The minimum absolute atomic E-state index is 0.0171. The van der Waals surface area contributed by atoms with Gasteiger partial charge in [-0.1, -0.05) is 12.1 Å². The first kappa shape index (κ1) is 25.0. The Morgan fingerprint density at radius 2 is 1.71 bits per heavy atom. The van der Waals surface area contributed by atoms with Crippen molar-refractivity contribution >= 4 is 23.2 Å². The number of fused-ring (bicyclic) bond motifs is 1. The second kappa shape index (κ2) is 11.6. The average molecular weight is 480 g/mol. The molecule has 2 N–H and O–H groups in total. The number of likely N-dealkylation sites (N-methyl/N-ethyl adjacent to an activating group) is 1. The first-order chi connectivity index (χ1) is 16.9. The Bertz CT molecular complexity index is 1020.